The Bertz CT molecular complexity index is 744. The molecule has 1 aromatic heterocycles. The normalized spacial score (nSPS) is 11.3. The van der Waals surface area contributed by atoms with E-state index < -0.39 is 9.84 Å². The van der Waals surface area contributed by atoms with E-state index in [1.807, 2.05) is 6.92 Å². The van der Waals surface area contributed by atoms with E-state index in [9.17, 15) is 13.2 Å². The summed E-state index contributed by atoms with van der Waals surface area (Å²) in [5.74, 6) is -0.305. The van der Waals surface area contributed by atoms with Crippen LogP contribution in [-0.2, 0) is 9.84 Å². The minimum absolute atomic E-state index is 0.164. The van der Waals surface area contributed by atoms with Crippen LogP contribution in [0.3, 0.4) is 0 Å². The first-order chi connectivity index (χ1) is 9.27. The molecule has 1 heterocycles. The monoisotopic (exact) mass is 310 g/mol. The summed E-state index contributed by atoms with van der Waals surface area (Å²) in [4.78, 5) is 13.6. The zero-order valence-electron chi connectivity index (χ0n) is 11.0. The first-order valence-corrected chi connectivity index (χ1v) is 8.45. The largest absolute Gasteiger partial charge is 0.398 e. The van der Waals surface area contributed by atoms with E-state index in [1.165, 1.54) is 23.5 Å². The fourth-order valence-electron chi connectivity index (χ4n) is 1.61. The van der Waals surface area contributed by atoms with Crippen molar-refractivity contribution in [1.82, 2.24) is 0 Å². The molecule has 0 unspecified atom stereocenters. The SMILES string of the molecule is Cc1sc(C(=O)Nc2cccc(S(C)(=O)=O)c2)cc1N. The Morgan fingerprint density at radius 3 is 2.55 bits per heavy atom. The standard InChI is InChI=1S/C13H14N2O3S2/c1-8-11(14)7-12(19-8)13(16)15-9-4-3-5-10(6-9)20(2,17)18/h3-7H,14H2,1-2H3,(H,15,16). The number of carbonyl (C=O) groups is 1. The van der Waals surface area contributed by atoms with Gasteiger partial charge in [-0.05, 0) is 31.2 Å². The van der Waals surface area contributed by atoms with Gasteiger partial charge in [-0.1, -0.05) is 6.07 Å². The van der Waals surface area contributed by atoms with Crippen LogP contribution in [0.4, 0.5) is 11.4 Å². The maximum atomic E-state index is 12.0. The number of sulfone groups is 1. The Hall–Kier alpha value is -1.86. The lowest BCUT2D eigenvalue weighted by molar-refractivity contribution is 0.103. The second kappa shape index (κ2) is 5.26. The van der Waals surface area contributed by atoms with E-state index in [-0.39, 0.29) is 10.8 Å². The molecule has 20 heavy (non-hydrogen) atoms. The van der Waals surface area contributed by atoms with Crippen molar-refractivity contribution in [3.8, 4) is 0 Å². The van der Waals surface area contributed by atoms with Gasteiger partial charge in [0.15, 0.2) is 9.84 Å². The third kappa shape index (κ3) is 3.17. The number of aryl methyl sites for hydroxylation is 1. The zero-order valence-corrected chi connectivity index (χ0v) is 12.6. The smallest absolute Gasteiger partial charge is 0.265 e. The van der Waals surface area contributed by atoms with Crippen molar-refractivity contribution < 1.29 is 13.2 Å². The number of benzene rings is 1. The molecule has 0 atom stereocenters. The van der Waals surface area contributed by atoms with E-state index in [0.717, 1.165) is 11.1 Å². The predicted octanol–water partition coefficient (Wildman–Crippen LogP) is 2.29. The molecule has 2 aromatic rings. The Kier molecular flexibility index (Phi) is 3.82. The summed E-state index contributed by atoms with van der Waals surface area (Å²) in [5, 5.41) is 2.66. The Morgan fingerprint density at radius 2 is 2.00 bits per heavy atom. The van der Waals surface area contributed by atoms with Gasteiger partial charge in [0.2, 0.25) is 0 Å². The van der Waals surface area contributed by atoms with Crippen molar-refractivity contribution in [2.24, 2.45) is 0 Å². The van der Waals surface area contributed by atoms with Gasteiger partial charge in [-0.3, -0.25) is 4.79 Å². The minimum Gasteiger partial charge on any atom is -0.398 e. The number of nitrogens with one attached hydrogen (secondary N) is 1. The van der Waals surface area contributed by atoms with Crippen LogP contribution in [-0.4, -0.2) is 20.6 Å². The molecule has 7 heteroatoms. The highest BCUT2D eigenvalue weighted by Crippen LogP contribution is 2.24. The summed E-state index contributed by atoms with van der Waals surface area (Å²) in [6.07, 6.45) is 1.12. The Morgan fingerprint density at radius 1 is 1.30 bits per heavy atom. The second-order valence-corrected chi connectivity index (χ2v) is 7.65. The lowest BCUT2D eigenvalue weighted by Crippen LogP contribution is -2.10. The van der Waals surface area contributed by atoms with Gasteiger partial charge in [-0.15, -0.1) is 11.3 Å². The number of hydrogen-bond donors (Lipinski definition) is 2. The summed E-state index contributed by atoms with van der Waals surface area (Å²) in [7, 11) is -3.30. The fraction of sp³-hybridized carbons (Fsp3) is 0.154. The quantitative estimate of drug-likeness (QED) is 0.910. The topological polar surface area (TPSA) is 89.3 Å². The average Bonchev–Trinajstić information content (AvgIpc) is 2.69. The van der Waals surface area contributed by atoms with Gasteiger partial charge < -0.3 is 11.1 Å². The molecule has 0 radical (unpaired) electrons. The predicted molar refractivity (Wildman–Crippen MR) is 81.0 cm³/mol. The fourth-order valence-corrected chi connectivity index (χ4v) is 3.11. The molecule has 0 aliphatic rings. The summed E-state index contributed by atoms with van der Waals surface area (Å²) < 4.78 is 22.9. The number of carbonyl (C=O) groups excluding carboxylic acids is 1. The molecule has 2 rings (SSSR count). The Labute approximate surface area is 121 Å². The van der Waals surface area contributed by atoms with Crippen LogP contribution >= 0.6 is 11.3 Å². The molecule has 1 aromatic carbocycles. The van der Waals surface area contributed by atoms with Crippen LogP contribution in [0, 0.1) is 6.92 Å². The van der Waals surface area contributed by atoms with Crippen LogP contribution in [0.25, 0.3) is 0 Å². The number of nitrogens with two attached hydrogens (primary N) is 1. The van der Waals surface area contributed by atoms with Crippen molar-refractivity contribution in [1.29, 1.82) is 0 Å². The van der Waals surface area contributed by atoms with Gasteiger partial charge >= 0.3 is 0 Å². The van der Waals surface area contributed by atoms with Crippen LogP contribution in [0.5, 0.6) is 0 Å². The van der Waals surface area contributed by atoms with E-state index >= 15 is 0 Å². The highest BCUT2D eigenvalue weighted by molar-refractivity contribution is 7.90. The zero-order chi connectivity index (χ0) is 14.9. The molecule has 3 N–H and O–H groups in total. The highest BCUT2D eigenvalue weighted by atomic mass is 32.2. The van der Waals surface area contributed by atoms with Gasteiger partial charge in [-0.2, -0.15) is 0 Å². The number of rotatable bonds is 3. The lowest BCUT2D eigenvalue weighted by Gasteiger charge is -2.05. The van der Waals surface area contributed by atoms with Crippen LogP contribution in [0.15, 0.2) is 35.2 Å². The average molecular weight is 310 g/mol. The van der Waals surface area contributed by atoms with Gasteiger partial charge in [0, 0.05) is 22.5 Å². The van der Waals surface area contributed by atoms with Crippen molar-refractivity contribution in [3.63, 3.8) is 0 Å². The van der Waals surface area contributed by atoms with Gasteiger partial charge in [0.05, 0.1) is 9.77 Å². The summed E-state index contributed by atoms with van der Waals surface area (Å²) in [5.41, 5.74) is 6.71. The molecule has 0 aliphatic heterocycles. The molecule has 106 valence electrons. The van der Waals surface area contributed by atoms with Crippen molar-refractivity contribution >= 4 is 38.5 Å². The number of nitrogen functional groups attached to an aromatic ring is 1. The molecule has 0 bridgehead atoms. The maximum absolute atomic E-state index is 12.0. The van der Waals surface area contributed by atoms with E-state index in [0.29, 0.717) is 16.3 Å². The third-order valence-corrected chi connectivity index (χ3v) is 4.88. The van der Waals surface area contributed by atoms with Crippen molar-refractivity contribution in [3.05, 3.63) is 40.1 Å². The maximum Gasteiger partial charge on any atom is 0.265 e. The molecular weight excluding hydrogens is 296 g/mol. The van der Waals surface area contributed by atoms with E-state index in [1.54, 1.807) is 18.2 Å². The van der Waals surface area contributed by atoms with Crippen molar-refractivity contribution in [2.75, 3.05) is 17.3 Å². The number of thiophene rings is 1. The van der Waals surface area contributed by atoms with E-state index in [4.69, 9.17) is 5.73 Å². The number of amides is 1. The summed E-state index contributed by atoms with van der Waals surface area (Å²) >= 11 is 1.30. The van der Waals surface area contributed by atoms with Crippen LogP contribution in [0.2, 0.25) is 0 Å². The molecule has 0 saturated heterocycles. The molecule has 0 saturated carbocycles. The first kappa shape index (κ1) is 14.5. The van der Waals surface area contributed by atoms with Gasteiger partial charge in [0.25, 0.3) is 5.91 Å². The summed E-state index contributed by atoms with van der Waals surface area (Å²) in [6, 6.07) is 7.74. The number of anilines is 2. The lowest BCUT2D eigenvalue weighted by atomic mass is 10.3. The van der Waals surface area contributed by atoms with E-state index in [2.05, 4.69) is 5.32 Å². The molecule has 0 aliphatic carbocycles. The molecule has 5 nitrogen and oxygen atoms in total. The molecule has 1 amide bonds. The molecule has 0 fully saturated rings. The summed E-state index contributed by atoms with van der Waals surface area (Å²) in [6.45, 7) is 1.83. The van der Waals surface area contributed by atoms with Gasteiger partial charge in [-0.25, -0.2) is 8.42 Å². The number of hydrogen-bond acceptors (Lipinski definition) is 5. The van der Waals surface area contributed by atoms with Crippen molar-refractivity contribution in [2.45, 2.75) is 11.8 Å². The highest BCUT2D eigenvalue weighted by Gasteiger charge is 2.13. The first-order valence-electron chi connectivity index (χ1n) is 5.75. The minimum atomic E-state index is -3.30. The van der Waals surface area contributed by atoms with Crippen LogP contribution < -0.4 is 11.1 Å². The third-order valence-electron chi connectivity index (χ3n) is 2.70. The molecular formula is C13H14N2O3S2. The van der Waals surface area contributed by atoms with Crippen LogP contribution in [0.1, 0.15) is 14.5 Å². The molecule has 0 spiro atoms. The second-order valence-electron chi connectivity index (χ2n) is 4.38. The van der Waals surface area contributed by atoms with Gasteiger partial charge in [0.1, 0.15) is 0 Å². The Balaban J connectivity index is 2.24.